The van der Waals surface area contributed by atoms with E-state index in [1.54, 1.807) is 12.1 Å². The number of halogens is 3. The molecule has 0 spiro atoms. The number of alkyl halides is 3. The largest absolute Gasteiger partial charge is 0.421 e. The van der Waals surface area contributed by atoms with E-state index in [9.17, 15) is 22.8 Å². The molecule has 0 radical (unpaired) electrons. The first kappa shape index (κ1) is 21.5. The number of hydrogen-bond donors (Lipinski definition) is 4. The van der Waals surface area contributed by atoms with Gasteiger partial charge in [0.1, 0.15) is 11.4 Å². The molecule has 3 rings (SSSR count). The van der Waals surface area contributed by atoms with Crippen LogP contribution < -0.4 is 21.7 Å². The van der Waals surface area contributed by atoms with Gasteiger partial charge in [0.2, 0.25) is 17.8 Å². The van der Waals surface area contributed by atoms with Gasteiger partial charge in [-0.2, -0.15) is 18.2 Å². The van der Waals surface area contributed by atoms with Crippen molar-refractivity contribution in [3.8, 4) is 0 Å². The predicted octanol–water partition coefficient (Wildman–Crippen LogP) is 3.43. The third-order valence-electron chi connectivity index (χ3n) is 3.86. The normalized spacial score (nSPS) is 11.0. The minimum absolute atomic E-state index is 0.0968. The minimum atomic E-state index is -4.74. The van der Waals surface area contributed by atoms with Crippen LogP contribution in [0.15, 0.2) is 48.9 Å². The molecule has 0 bridgehead atoms. The molecule has 1 aromatic carbocycles. The maximum absolute atomic E-state index is 13.5. The molecular weight excluding hydrogens is 415 g/mol. The van der Waals surface area contributed by atoms with Crippen LogP contribution in [-0.2, 0) is 11.0 Å². The van der Waals surface area contributed by atoms with Gasteiger partial charge in [-0.3, -0.25) is 14.6 Å². The quantitative estimate of drug-likeness (QED) is 0.470. The standard InChI is InChI=1S/C19H16F3N7O2/c1-10(30)26-14-4-2-3-5-15(14)28-17-13(19(20,21)22)9-25-18(29-17)27-12-6-11(16(23)31)7-24-8-12/h2-9H,1H3,(H2,23,31)(H,26,30)(H2,25,27,28,29). The van der Waals surface area contributed by atoms with Gasteiger partial charge in [-0.05, 0) is 18.2 Å². The Bertz CT molecular complexity index is 1140. The molecule has 160 valence electrons. The summed E-state index contributed by atoms with van der Waals surface area (Å²) in [7, 11) is 0. The lowest BCUT2D eigenvalue weighted by atomic mass is 10.2. The Morgan fingerprint density at radius 1 is 1.03 bits per heavy atom. The zero-order chi connectivity index (χ0) is 22.6. The van der Waals surface area contributed by atoms with E-state index in [1.165, 1.54) is 37.5 Å². The second-order valence-corrected chi connectivity index (χ2v) is 6.26. The molecule has 0 unspecified atom stereocenters. The number of benzene rings is 1. The van der Waals surface area contributed by atoms with Gasteiger partial charge >= 0.3 is 6.18 Å². The number of anilines is 5. The fourth-order valence-electron chi connectivity index (χ4n) is 2.54. The van der Waals surface area contributed by atoms with E-state index in [1.807, 2.05) is 0 Å². The van der Waals surface area contributed by atoms with Crippen molar-refractivity contribution in [3.63, 3.8) is 0 Å². The summed E-state index contributed by atoms with van der Waals surface area (Å²) in [6.45, 7) is 1.28. The van der Waals surface area contributed by atoms with Gasteiger partial charge in [0.15, 0.2) is 0 Å². The Morgan fingerprint density at radius 3 is 2.39 bits per heavy atom. The number of pyridine rings is 1. The number of hydrogen-bond acceptors (Lipinski definition) is 7. The van der Waals surface area contributed by atoms with Crippen LogP contribution >= 0.6 is 0 Å². The molecule has 31 heavy (non-hydrogen) atoms. The van der Waals surface area contributed by atoms with Crippen molar-refractivity contribution in [2.45, 2.75) is 13.1 Å². The van der Waals surface area contributed by atoms with Crippen LogP contribution in [0.25, 0.3) is 0 Å². The van der Waals surface area contributed by atoms with Crippen molar-refractivity contribution >= 4 is 40.6 Å². The zero-order valence-corrected chi connectivity index (χ0v) is 16.0. The van der Waals surface area contributed by atoms with Gasteiger partial charge in [-0.15, -0.1) is 0 Å². The van der Waals surface area contributed by atoms with Crippen molar-refractivity contribution < 1.29 is 22.8 Å². The number of nitrogens with two attached hydrogens (primary N) is 1. The Kier molecular flexibility index (Phi) is 6.00. The maximum atomic E-state index is 13.5. The number of nitrogens with zero attached hydrogens (tertiary/aromatic N) is 3. The lowest BCUT2D eigenvalue weighted by molar-refractivity contribution is -0.137. The molecule has 0 aliphatic rings. The fraction of sp³-hybridized carbons (Fsp3) is 0.105. The third-order valence-corrected chi connectivity index (χ3v) is 3.86. The predicted molar refractivity (Wildman–Crippen MR) is 107 cm³/mol. The number of nitrogens with one attached hydrogen (secondary N) is 3. The van der Waals surface area contributed by atoms with Crippen LogP contribution in [-0.4, -0.2) is 26.8 Å². The topological polar surface area (TPSA) is 135 Å². The highest BCUT2D eigenvalue weighted by Crippen LogP contribution is 2.36. The van der Waals surface area contributed by atoms with Gasteiger partial charge < -0.3 is 21.7 Å². The van der Waals surface area contributed by atoms with E-state index in [2.05, 4.69) is 30.9 Å². The molecule has 2 aromatic heterocycles. The highest BCUT2D eigenvalue weighted by molar-refractivity contribution is 5.94. The maximum Gasteiger partial charge on any atom is 0.421 e. The first-order valence-electron chi connectivity index (χ1n) is 8.73. The van der Waals surface area contributed by atoms with Crippen LogP contribution in [0.4, 0.5) is 42.0 Å². The van der Waals surface area contributed by atoms with E-state index in [0.29, 0.717) is 6.20 Å². The van der Waals surface area contributed by atoms with Gasteiger partial charge in [0, 0.05) is 19.3 Å². The molecule has 0 atom stereocenters. The number of primary amides is 1. The summed E-state index contributed by atoms with van der Waals surface area (Å²) >= 11 is 0. The van der Waals surface area contributed by atoms with E-state index >= 15 is 0 Å². The highest BCUT2D eigenvalue weighted by atomic mass is 19.4. The van der Waals surface area contributed by atoms with Gasteiger partial charge in [-0.1, -0.05) is 12.1 Å². The smallest absolute Gasteiger partial charge is 0.366 e. The highest BCUT2D eigenvalue weighted by Gasteiger charge is 2.35. The number of rotatable bonds is 6. The molecule has 3 aromatic rings. The fourth-order valence-corrected chi connectivity index (χ4v) is 2.54. The molecule has 5 N–H and O–H groups in total. The van der Waals surface area contributed by atoms with Crippen LogP contribution in [0.1, 0.15) is 22.8 Å². The van der Waals surface area contributed by atoms with E-state index in [-0.39, 0.29) is 28.6 Å². The molecular formula is C19H16F3N7O2. The number of carbonyl (C=O) groups excluding carboxylic acids is 2. The average Bonchev–Trinajstić information content (AvgIpc) is 2.68. The summed E-state index contributed by atoms with van der Waals surface area (Å²) in [6.07, 6.45) is -1.55. The van der Waals surface area contributed by atoms with Crippen LogP contribution in [0.3, 0.4) is 0 Å². The molecule has 0 aliphatic heterocycles. The molecule has 9 nitrogen and oxygen atoms in total. The second-order valence-electron chi connectivity index (χ2n) is 6.26. The summed E-state index contributed by atoms with van der Waals surface area (Å²) in [5.41, 5.74) is 4.91. The summed E-state index contributed by atoms with van der Waals surface area (Å²) < 4.78 is 40.5. The van der Waals surface area contributed by atoms with Crippen molar-refractivity contribution in [3.05, 3.63) is 60.0 Å². The monoisotopic (exact) mass is 431 g/mol. The minimum Gasteiger partial charge on any atom is -0.366 e. The second kappa shape index (κ2) is 8.65. The SMILES string of the molecule is CC(=O)Nc1ccccc1Nc1nc(Nc2cncc(C(N)=O)c2)ncc1C(F)(F)F. The average molecular weight is 431 g/mol. The summed E-state index contributed by atoms with van der Waals surface area (Å²) in [4.78, 5) is 34.1. The van der Waals surface area contributed by atoms with Crippen molar-refractivity contribution in [2.24, 2.45) is 5.73 Å². The molecule has 0 aliphatic carbocycles. The number of amides is 2. The van der Waals surface area contributed by atoms with Gasteiger partial charge in [-0.25, -0.2) is 4.98 Å². The number of para-hydroxylation sites is 2. The lowest BCUT2D eigenvalue weighted by Crippen LogP contribution is -2.14. The third kappa shape index (κ3) is 5.44. The molecule has 12 heteroatoms. The first-order chi connectivity index (χ1) is 14.6. The van der Waals surface area contributed by atoms with Gasteiger partial charge in [0.05, 0.1) is 28.8 Å². The Labute approximate surface area is 173 Å². The van der Waals surface area contributed by atoms with Crippen molar-refractivity contribution in [2.75, 3.05) is 16.0 Å². The van der Waals surface area contributed by atoms with E-state index < -0.39 is 29.4 Å². The summed E-state index contributed by atoms with van der Waals surface area (Å²) in [6, 6.07) is 7.57. The van der Waals surface area contributed by atoms with Crippen molar-refractivity contribution in [1.82, 2.24) is 15.0 Å². The van der Waals surface area contributed by atoms with Crippen LogP contribution in [0.5, 0.6) is 0 Å². The Balaban J connectivity index is 1.98. The Hall–Kier alpha value is -4.22. The molecule has 2 amide bonds. The van der Waals surface area contributed by atoms with Gasteiger partial charge in [0.25, 0.3) is 0 Å². The van der Waals surface area contributed by atoms with Crippen molar-refractivity contribution in [1.29, 1.82) is 0 Å². The number of aromatic nitrogens is 3. The molecule has 0 fully saturated rings. The van der Waals surface area contributed by atoms with Crippen LogP contribution in [0, 0.1) is 0 Å². The molecule has 0 saturated carbocycles. The van der Waals surface area contributed by atoms with E-state index in [4.69, 9.17) is 5.73 Å². The Morgan fingerprint density at radius 2 is 1.74 bits per heavy atom. The molecule has 2 heterocycles. The molecule has 0 saturated heterocycles. The summed E-state index contributed by atoms with van der Waals surface area (Å²) in [5.74, 6) is -1.84. The number of carbonyl (C=O) groups is 2. The van der Waals surface area contributed by atoms with Crippen LogP contribution in [0.2, 0.25) is 0 Å². The van der Waals surface area contributed by atoms with E-state index in [0.717, 1.165) is 0 Å². The first-order valence-corrected chi connectivity index (χ1v) is 8.73. The summed E-state index contributed by atoms with van der Waals surface area (Å²) in [5, 5.41) is 7.80. The zero-order valence-electron chi connectivity index (χ0n) is 16.0. The lowest BCUT2D eigenvalue weighted by Gasteiger charge is -2.17.